The van der Waals surface area contributed by atoms with Gasteiger partial charge in [-0.15, -0.1) is 0 Å². The van der Waals surface area contributed by atoms with Gasteiger partial charge in [-0.1, -0.05) is 41.9 Å². The minimum absolute atomic E-state index is 0.195. The van der Waals surface area contributed by atoms with E-state index in [0.29, 0.717) is 38.8 Å². The van der Waals surface area contributed by atoms with Gasteiger partial charge in [0, 0.05) is 10.6 Å². The van der Waals surface area contributed by atoms with Crippen molar-refractivity contribution in [2.24, 2.45) is 0 Å². The number of fused-ring (bicyclic) bond motifs is 1. The second kappa shape index (κ2) is 9.60. The summed E-state index contributed by atoms with van der Waals surface area (Å²) in [6.45, 7) is 2.08. The molecule has 0 saturated heterocycles. The van der Waals surface area contributed by atoms with E-state index < -0.39 is 6.04 Å². The van der Waals surface area contributed by atoms with E-state index in [2.05, 4.69) is 0 Å². The van der Waals surface area contributed by atoms with Crippen molar-refractivity contribution < 1.29 is 9.21 Å². The number of furan rings is 1. The highest BCUT2D eigenvalue weighted by molar-refractivity contribution is 6.30. The molecule has 0 N–H and O–H groups in total. The van der Waals surface area contributed by atoms with E-state index >= 15 is 0 Å². The van der Waals surface area contributed by atoms with Crippen LogP contribution in [-0.4, -0.2) is 20.4 Å². The summed E-state index contributed by atoms with van der Waals surface area (Å²) in [6, 6.07) is 26.3. The van der Waals surface area contributed by atoms with Crippen LogP contribution in [0.1, 0.15) is 34.9 Å². The van der Waals surface area contributed by atoms with Gasteiger partial charge in [0.15, 0.2) is 0 Å². The van der Waals surface area contributed by atoms with E-state index in [0.717, 1.165) is 0 Å². The van der Waals surface area contributed by atoms with Crippen molar-refractivity contribution in [3.05, 3.63) is 130 Å². The Morgan fingerprint density at radius 1 is 0.971 bits per heavy atom. The molecule has 0 bridgehead atoms. The molecular weight excluding hydrogens is 462 g/mol. The third-order valence-corrected chi connectivity index (χ3v) is 6.17. The average molecular weight is 484 g/mol. The summed E-state index contributed by atoms with van der Waals surface area (Å²) >= 11 is 6.11. The van der Waals surface area contributed by atoms with E-state index in [1.54, 1.807) is 70.3 Å². The molecule has 3 aromatic carbocycles. The first kappa shape index (κ1) is 22.6. The average Bonchev–Trinajstić information content (AvgIpc) is 3.41. The molecule has 1 amide bonds. The smallest absolute Gasteiger partial charge is 0.266 e. The van der Waals surface area contributed by atoms with E-state index in [4.69, 9.17) is 21.0 Å². The van der Waals surface area contributed by atoms with Gasteiger partial charge in [-0.05, 0) is 67.6 Å². The number of nitrogens with zero attached hydrogens (tertiary/aromatic N) is 3. The van der Waals surface area contributed by atoms with E-state index in [1.807, 2.05) is 43.3 Å². The Balaban J connectivity index is 1.70. The lowest BCUT2D eigenvalue weighted by Gasteiger charge is -2.30. The number of hydrogen-bond acceptors (Lipinski definition) is 4. The van der Waals surface area contributed by atoms with E-state index in [9.17, 15) is 9.59 Å². The van der Waals surface area contributed by atoms with Crippen molar-refractivity contribution in [3.8, 4) is 5.69 Å². The molecule has 5 aromatic rings. The van der Waals surface area contributed by atoms with Crippen molar-refractivity contribution in [2.75, 3.05) is 0 Å². The Labute approximate surface area is 207 Å². The Hall–Kier alpha value is -4.16. The van der Waals surface area contributed by atoms with Crippen LogP contribution in [-0.2, 0) is 6.54 Å². The predicted octanol–water partition coefficient (Wildman–Crippen LogP) is 6.04. The van der Waals surface area contributed by atoms with Crippen LogP contribution in [0, 0.1) is 0 Å². The zero-order valence-electron chi connectivity index (χ0n) is 19.0. The molecule has 1 unspecified atom stereocenters. The molecule has 6 nitrogen and oxygen atoms in total. The summed E-state index contributed by atoms with van der Waals surface area (Å²) in [5.41, 5.74) is 1.50. The number of amides is 1. The SMILES string of the molecule is CC(c1nc2ccccc2c(=O)n1-c1ccc(Cl)cc1)N(Cc1ccco1)C(=O)c1ccccc1. The van der Waals surface area contributed by atoms with Gasteiger partial charge in [-0.2, -0.15) is 0 Å². The van der Waals surface area contributed by atoms with Gasteiger partial charge >= 0.3 is 0 Å². The van der Waals surface area contributed by atoms with Crippen LogP contribution in [0.5, 0.6) is 0 Å². The highest BCUT2D eigenvalue weighted by Gasteiger charge is 2.28. The number of carbonyl (C=O) groups excluding carboxylic acids is 1. The lowest BCUT2D eigenvalue weighted by molar-refractivity contribution is 0.0648. The van der Waals surface area contributed by atoms with Crippen molar-refractivity contribution in [1.82, 2.24) is 14.5 Å². The minimum Gasteiger partial charge on any atom is -0.467 e. The van der Waals surface area contributed by atoms with Crippen LogP contribution in [0.2, 0.25) is 5.02 Å². The molecule has 0 saturated carbocycles. The van der Waals surface area contributed by atoms with Crippen LogP contribution in [0.3, 0.4) is 0 Å². The minimum atomic E-state index is -0.569. The molecule has 5 rings (SSSR count). The fourth-order valence-corrected chi connectivity index (χ4v) is 4.24. The standard InChI is InChI=1S/C28H22ClN3O3/c1-19(31(18-23-10-7-17-35-23)27(33)20-8-3-2-4-9-20)26-30-25-12-6-5-11-24(25)28(34)32(26)22-15-13-21(29)14-16-22/h2-17,19H,18H2,1H3. The molecule has 0 fully saturated rings. The lowest BCUT2D eigenvalue weighted by Crippen LogP contribution is -2.37. The summed E-state index contributed by atoms with van der Waals surface area (Å²) < 4.78 is 7.11. The highest BCUT2D eigenvalue weighted by atomic mass is 35.5. The second-order valence-corrected chi connectivity index (χ2v) is 8.59. The predicted molar refractivity (Wildman–Crippen MR) is 136 cm³/mol. The maximum absolute atomic E-state index is 13.7. The second-order valence-electron chi connectivity index (χ2n) is 8.16. The number of hydrogen-bond donors (Lipinski definition) is 0. The summed E-state index contributed by atoms with van der Waals surface area (Å²) in [7, 11) is 0. The van der Waals surface area contributed by atoms with Gasteiger partial charge in [0.2, 0.25) is 0 Å². The summed E-state index contributed by atoms with van der Waals surface area (Å²) in [5, 5.41) is 1.05. The highest BCUT2D eigenvalue weighted by Crippen LogP contribution is 2.27. The van der Waals surface area contributed by atoms with Gasteiger partial charge in [0.05, 0.1) is 35.4 Å². The van der Waals surface area contributed by atoms with E-state index in [-0.39, 0.29) is 18.0 Å². The maximum atomic E-state index is 13.7. The Bertz CT molecular complexity index is 1530. The molecule has 0 aliphatic carbocycles. The third-order valence-electron chi connectivity index (χ3n) is 5.92. The first-order valence-corrected chi connectivity index (χ1v) is 11.6. The number of carbonyl (C=O) groups is 1. The zero-order valence-corrected chi connectivity index (χ0v) is 19.7. The van der Waals surface area contributed by atoms with Crippen molar-refractivity contribution in [1.29, 1.82) is 0 Å². The van der Waals surface area contributed by atoms with Crippen molar-refractivity contribution in [3.63, 3.8) is 0 Å². The van der Waals surface area contributed by atoms with Crippen LogP contribution in [0.4, 0.5) is 0 Å². The third kappa shape index (κ3) is 4.48. The summed E-state index contributed by atoms with van der Waals surface area (Å²) in [4.78, 5) is 33.9. The number of benzene rings is 3. The zero-order chi connectivity index (χ0) is 24.4. The molecule has 35 heavy (non-hydrogen) atoms. The van der Waals surface area contributed by atoms with Gasteiger partial charge in [0.1, 0.15) is 11.6 Å². The van der Waals surface area contributed by atoms with Crippen LogP contribution >= 0.6 is 11.6 Å². The maximum Gasteiger partial charge on any atom is 0.266 e. The van der Waals surface area contributed by atoms with Crippen molar-refractivity contribution >= 4 is 28.4 Å². The van der Waals surface area contributed by atoms with Crippen LogP contribution in [0.25, 0.3) is 16.6 Å². The van der Waals surface area contributed by atoms with Gasteiger partial charge in [-0.3, -0.25) is 14.2 Å². The van der Waals surface area contributed by atoms with Crippen molar-refractivity contribution in [2.45, 2.75) is 19.5 Å². The molecule has 0 spiro atoms. The van der Waals surface area contributed by atoms with Crippen LogP contribution in [0.15, 0.2) is 106 Å². The molecule has 7 heteroatoms. The molecule has 0 radical (unpaired) electrons. The fourth-order valence-electron chi connectivity index (χ4n) is 4.11. The number of rotatable bonds is 6. The largest absolute Gasteiger partial charge is 0.467 e. The number of halogens is 1. The molecule has 2 heterocycles. The first-order valence-electron chi connectivity index (χ1n) is 11.2. The molecule has 0 aliphatic heterocycles. The van der Waals surface area contributed by atoms with Gasteiger partial charge in [0.25, 0.3) is 11.5 Å². The monoisotopic (exact) mass is 483 g/mol. The van der Waals surface area contributed by atoms with Gasteiger partial charge < -0.3 is 9.32 Å². The Kier molecular flexibility index (Phi) is 6.21. The summed E-state index contributed by atoms with van der Waals surface area (Å²) in [5.74, 6) is 0.869. The van der Waals surface area contributed by atoms with E-state index in [1.165, 1.54) is 0 Å². The molecule has 174 valence electrons. The normalized spacial score (nSPS) is 11.9. The number of para-hydroxylation sites is 1. The topological polar surface area (TPSA) is 68.3 Å². The Morgan fingerprint density at radius 3 is 2.40 bits per heavy atom. The van der Waals surface area contributed by atoms with Gasteiger partial charge in [-0.25, -0.2) is 4.98 Å². The fraction of sp³-hybridized carbons (Fsp3) is 0.107. The quantitative estimate of drug-likeness (QED) is 0.295. The molecular formula is C28H22ClN3O3. The Morgan fingerprint density at radius 2 is 1.69 bits per heavy atom. The molecule has 1 atom stereocenters. The number of aromatic nitrogens is 2. The van der Waals surface area contributed by atoms with Crippen LogP contribution < -0.4 is 5.56 Å². The first-order chi connectivity index (χ1) is 17.0. The summed E-state index contributed by atoms with van der Waals surface area (Å²) in [6.07, 6.45) is 1.57. The molecule has 2 aromatic heterocycles. The molecule has 0 aliphatic rings. The lowest BCUT2D eigenvalue weighted by atomic mass is 10.1.